The number of carbonyl (C=O) groups excluding carboxylic acids is 1. The van der Waals surface area contributed by atoms with Crippen LogP contribution in [0.4, 0.5) is 4.39 Å². The first-order valence-corrected chi connectivity index (χ1v) is 11.4. The number of aromatic nitrogens is 1. The van der Waals surface area contributed by atoms with E-state index >= 15 is 0 Å². The van der Waals surface area contributed by atoms with Crippen LogP contribution in [-0.2, 0) is 39.1 Å². The van der Waals surface area contributed by atoms with Gasteiger partial charge in [-0.25, -0.2) is 12.8 Å². The number of ether oxygens (including phenoxy) is 1. The van der Waals surface area contributed by atoms with Crippen LogP contribution in [0.25, 0.3) is 10.9 Å². The van der Waals surface area contributed by atoms with Crippen LogP contribution in [0.2, 0.25) is 0 Å². The Kier molecular flexibility index (Phi) is 5.62. The van der Waals surface area contributed by atoms with Crippen molar-refractivity contribution in [2.24, 2.45) is 0 Å². The van der Waals surface area contributed by atoms with E-state index in [1.54, 1.807) is 43.3 Å². The smallest absolute Gasteiger partial charge is 0.307 e. The zero-order valence-electron chi connectivity index (χ0n) is 16.7. The van der Waals surface area contributed by atoms with E-state index in [0.717, 1.165) is 16.8 Å². The summed E-state index contributed by atoms with van der Waals surface area (Å²) in [5.74, 6) is -0.671. The Bertz CT molecular complexity index is 1190. The molecule has 0 fully saturated rings. The summed E-state index contributed by atoms with van der Waals surface area (Å²) in [5.41, 5.74) is 2.53. The quantitative estimate of drug-likeness (QED) is 0.562. The van der Waals surface area contributed by atoms with Crippen molar-refractivity contribution < 1.29 is 22.3 Å². The first-order valence-electron chi connectivity index (χ1n) is 9.92. The fraction of sp³-hybridized carbons (Fsp3) is 0.318. The molecule has 0 unspecified atom stereocenters. The van der Waals surface area contributed by atoms with Gasteiger partial charge in [-0.05, 0) is 42.8 Å². The summed E-state index contributed by atoms with van der Waals surface area (Å²) >= 11 is 0. The molecule has 0 atom stereocenters. The Morgan fingerprint density at radius 1 is 1.17 bits per heavy atom. The Morgan fingerprint density at radius 3 is 2.67 bits per heavy atom. The van der Waals surface area contributed by atoms with Gasteiger partial charge in [-0.15, -0.1) is 0 Å². The maximum absolute atomic E-state index is 14.0. The minimum absolute atomic E-state index is 0.166. The molecule has 1 aliphatic heterocycles. The molecular formula is C22H23FN2O4S. The van der Waals surface area contributed by atoms with Crippen molar-refractivity contribution in [2.75, 3.05) is 13.2 Å². The van der Waals surface area contributed by atoms with Crippen LogP contribution < -0.4 is 0 Å². The van der Waals surface area contributed by atoms with Crippen LogP contribution >= 0.6 is 0 Å². The maximum atomic E-state index is 14.0. The number of nitrogens with zero attached hydrogens (tertiary/aromatic N) is 2. The molecule has 0 saturated heterocycles. The summed E-state index contributed by atoms with van der Waals surface area (Å²) in [4.78, 5) is 12.1. The molecule has 0 bridgehead atoms. The Balaban J connectivity index is 1.72. The van der Waals surface area contributed by atoms with Gasteiger partial charge >= 0.3 is 5.97 Å². The summed E-state index contributed by atoms with van der Waals surface area (Å²) in [6, 6.07) is 12.8. The Hall–Kier alpha value is -2.71. The first kappa shape index (κ1) is 20.6. The van der Waals surface area contributed by atoms with E-state index < -0.39 is 10.0 Å². The first-order chi connectivity index (χ1) is 14.4. The molecule has 30 heavy (non-hydrogen) atoms. The van der Waals surface area contributed by atoms with Crippen molar-refractivity contribution in [1.29, 1.82) is 0 Å². The number of aryl methyl sites for hydroxylation is 1. The zero-order valence-corrected chi connectivity index (χ0v) is 17.5. The van der Waals surface area contributed by atoms with Crippen molar-refractivity contribution in [3.05, 3.63) is 65.6 Å². The fourth-order valence-electron chi connectivity index (χ4n) is 4.04. The summed E-state index contributed by atoms with van der Waals surface area (Å²) in [5, 5.41) is 0.682. The summed E-state index contributed by atoms with van der Waals surface area (Å²) < 4.78 is 48.6. The number of carbonyl (C=O) groups is 1. The molecule has 0 N–H and O–H groups in total. The van der Waals surface area contributed by atoms with Gasteiger partial charge in [0.05, 0.1) is 17.9 Å². The lowest BCUT2D eigenvalue weighted by Crippen LogP contribution is -2.36. The average Bonchev–Trinajstić information content (AvgIpc) is 3.05. The Labute approximate surface area is 174 Å². The van der Waals surface area contributed by atoms with E-state index in [2.05, 4.69) is 0 Å². The molecule has 0 amide bonds. The van der Waals surface area contributed by atoms with Crippen molar-refractivity contribution in [3.63, 3.8) is 0 Å². The topological polar surface area (TPSA) is 68.6 Å². The van der Waals surface area contributed by atoms with Gasteiger partial charge in [0.1, 0.15) is 5.82 Å². The van der Waals surface area contributed by atoms with Gasteiger partial charge in [-0.3, -0.25) is 4.79 Å². The van der Waals surface area contributed by atoms with E-state index in [4.69, 9.17) is 4.74 Å². The zero-order chi connectivity index (χ0) is 21.3. The molecule has 158 valence electrons. The number of benzene rings is 2. The second-order valence-corrected chi connectivity index (χ2v) is 9.13. The predicted molar refractivity (Wildman–Crippen MR) is 111 cm³/mol. The predicted octanol–water partition coefficient (Wildman–Crippen LogP) is 3.48. The molecule has 8 heteroatoms. The highest BCUT2D eigenvalue weighted by atomic mass is 32.2. The lowest BCUT2D eigenvalue weighted by molar-refractivity contribution is -0.143. The molecule has 0 radical (unpaired) electrons. The SMILES string of the molecule is CCOC(=O)CCn1c2c(c3cc(F)ccc31)CN(S(=O)(=O)c1ccccc1)CC2. The maximum Gasteiger partial charge on any atom is 0.307 e. The number of sulfonamides is 1. The second-order valence-electron chi connectivity index (χ2n) is 7.20. The molecule has 2 aromatic carbocycles. The number of esters is 1. The molecular weight excluding hydrogens is 407 g/mol. The van der Waals surface area contributed by atoms with Crippen LogP contribution in [0.5, 0.6) is 0 Å². The standard InChI is InChI=1S/C22H23FN2O4S/c1-2-29-22(26)11-13-25-20-9-8-16(23)14-18(20)19-15-24(12-10-21(19)25)30(27,28)17-6-4-3-5-7-17/h3-9,14H,2,10-13,15H2,1H3. The number of halogens is 1. The van der Waals surface area contributed by atoms with Gasteiger partial charge in [0.25, 0.3) is 0 Å². The van der Waals surface area contributed by atoms with Gasteiger partial charge < -0.3 is 9.30 Å². The minimum Gasteiger partial charge on any atom is -0.466 e. The van der Waals surface area contributed by atoms with Crippen LogP contribution in [0, 0.1) is 5.82 Å². The van der Waals surface area contributed by atoms with E-state index in [1.807, 2.05) is 4.57 Å². The highest BCUT2D eigenvalue weighted by Gasteiger charge is 2.31. The average molecular weight is 431 g/mol. The molecule has 1 aromatic heterocycles. The van der Waals surface area contributed by atoms with Gasteiger partial charge in [-0.2, -0.15) is 4.31 Å². The highest BCUT2D eigenvalue weighted by molar-refractivity contribution is 7.89. The molecule has 0 aliphatic carbocycles. The normalized spacial score (nSPS) is 14.6. The van der Waals surface area contributed by atoms with Crippen LogP contribution in [0.1, 0.15) is 24.6 Å². The molecule has 2 heterocycles. The lowest BCUT2D eigenvalue weighted by Gasteiger charge is -2.27. The molecule has 0 spiro atoms. The largest absolute Gasteiger partial charge is 0.466 e. The third-order valence-corrected chi connectivity index (χ3v) is 7.27. The van der Waals surface area contributed by atoms with Gasteiger partial charge in [0, 0.05) is 42.7 Å². The summed E-state index contributed by atoms with van der Waals surface area (Å²) in [6.07, 6.45) is 0.688. The number of fused-ring (bicyclic) bond motifs is 3. The van der Waals surface area contributed by atoms with E-state index in [9.17, 15) is 17.6 Å². The fourth-order valence-corrected chi connectivity index (χ4v) is 5.47. The lowest BCUT2D eigenvalue weighted by atomic mass is 10.1. The van der Waals surface area contributed by atoms with E-state index in [-0.39, 0.29) is 29.6 Å². The Morgan fingerprint density at radius 2 is 1.93 bits per heavy atom. The molecule has 0 saturated carbocycles. The molecule has 3 aromatic rings. The second kappa shape index (κ2) is 8.20. The van der Waals surface area contributed by atoms with Gasteiger partial charge in [0.15, 0.2) is 0 Å². The third-order valence-electron chi connectivity index (χ3n) is 5.41. The molecule has 4 rings (SSSR count). The summed E-state index contributed by atoms with van der Waals surface area (Å²) in [7, 11) is -3.65. The minimum atomic E-state index is -3.65. The van der Waals surface area contributed by atoms with Crippen molar-refractivity contribution >= 4 is 26.9 Å². The van der Waals surface area contributed by atoms with Gasteiger partial charge in [0.2, 0.25) is 10.0 Å². The number of hydrogen-bond acceptors (Lipinski definition) is 4. The third kappa shape index (κ3) is 3.73. The molecule has 6 nitrogen and oxygen atoms in total. The van der Waals surface area contributed by atoms with Crippen molar-refractivity contribution in [3.8, 4) is 0 Å². The monoisotopic (exact) mass is 430 g/mol. The van der Waals surface area contributed by atoms with E-state index in [0.29, 0.717) is 31.5 Å². The summed E-state index contributed by atoms with van der Waals surface area (Å²) in [6.45, 7) is 2.97. The number of hydrogen-bond donors (Lipinski definition) is 0. The highest BCUT2D eigenvalue weighted by Crippen LogP contribution is 2.33. The van der Waals surface area contributed by atoms with Crippen LogP contribution in [0.15, 0.2) is 53.4 Å². The molecule has 1 aliphatic rings. The van der Waals surface area contributed by atoms with Gasteiger partial charge in [-0.1, -0.05) is 18.2 Å². The van der Waals surface area contributed by atoms with Crippen molar-refractivity contribution in [1.82, 2.24) is 8.87 Å². The van der Waals surface area contributed by atoms with Crippen molar-refractivity contribution in [2.45, 2.75) is 37.8 Å². The van der Waals surface area contributed by atoms with Crippen LogP contribution in [0.3, 0.4) is 0 Å². The van der Waals surface area contributed by atoms with E-state index in [1.165, 1.54) is 16.4 Å². The number of rotatable bonds is 6. The van der Waals surface area contributed by atoms with Crippen LogP contribution in [-0.4, -0.2) is 36.4 Å².